The van der Waals surface area contributed by atoms with Crippen molar-refractivity contribution < 1.29 is 23.4 Å². The number of benzene rings is 1. The third-order valence-electron chi connectivity index (χ3n) is 3.58. The number of rotatable bonds is 6. The molecule has 2 heterocycles. The molecule has 1 amide bonds. The van der Waals surface area contributed by atoms with Gasteiger partial charge in [0.15, 0.2) is 0 Å². The Hall–Kier alpha value is -3.00. The number of ether oxygens (including phenoxy) is 1. The Balaban J connectivity index is 1.63. The van der Waals surface area contributed by atoms with Gasteiger partial charge in [-0.1, -0.05) is 12.1 Å². The number of fused-ring (bicyclic) bond motifs is 1. The summed E-state index contributed by atoms with van der Waals surface area (Å²) < 4.78 is 30.5. The average Bonchev–Trinajstić information content (AvgIpc) is 3.06. The highest BCUT2D eigenvalue weighted by atomic mass is 19.3. The summed E-state index contributed by atoms with van der Waals surface area (Å²) in [5.41, 5.74) is 1.40. The maximum atomic E-state index is 12.2. The minimum absolute atomic E-state index is 0.0531. The Morgan fingerprint density at radius 3 is 2.92 bits per heavy atom. The van der Waals surface area contributed by atoms with Gasteiger partial charge in [-0.25, -0.2) is 4.98 Å². The van der Waals surface area contributed by atoms with Gasteiger partial charge in [-0.2, -0.15) is 8.78 Å². The van der Waals surface area contributed by atoms with Crippen LogP contribution in [0.15, 0.2) is 55.0 Å². The zero-order valence-electron chi connectivity index (χ0n) is 13.0. The molecule has 0 radical (unpaired) electrons. The van der Waals surface area contributed by atoms with Crippen LogP contribution in [0.2, 0.25) is 0 Å². The van der Waals surface area contributed by atoms with E-state index in [1.807, 2.05) is 0 Å². The number of aromatic nitrogens is 2. The molecule has 0 aliphatic heterocycles. The van der Waals surface area contributed by atoms with E-state index in [4.69, 9.17) is 0 Å². The molecule has 1 aromatic carbocycles. The standard InChI is InChI=1S/C17H15F2N3O3/c18-17(19)25-13-3-1-2-11(8-13)14(23)10-21-16(24)12-4-6-22-7-5-20-15(22)9-12/h1-9,14,17,23H,10H2,(H,21,24)/t14-/m0/s1. The zero-order chi connectivity index (χ0) is 17.8. The Bertz CT molecular complexity index is 882. The Kier molecular flexibility index (Phi) is 4.90. The van der Waals surface area contributed by atoms with Crippen LogP contribution < -0.4 is 10.1 Å². The first-order valence-corrected chi connectivity index (χ1v) is 7.46. The summed E-state index contributed by atoms with van der Waals surface area (Å²) in [5.74, 6) is -0.424. The lowest BCUT2D eigenvalue weighted by molar-refractivity contribution is -0.0499. The van der Waals surface area contributed by atoms with Crippen LogP contribution in [0.25, 0.3) is 5.65 Å². The van der Waals surface area contributed by atoms with Crippen molar-refractivity contribution in [3.63, 3.8) is 0 Å². The van der Waals surface area contributed by atoms with Crippen LogP contribution in [-0.4, -0.2) is 33.6 Å². The third-order valence-corrected chi connectivity index (χ3v) is 3.58. The first-order valence-electron chi connectivity index (χ1n) is 7.46. The number of nitrogens with one attached hydrogen (secondary N) is 1. The number of nitrogens with zero attached hydrogens (tertiary/aromatic N) is 2. The lowest BCUT2D eigenvalue weighted by atomic mass is 10.1. The van der Waals surface area contributed by atoms with E-state index < -0.39 is 12.7 Å². The van der Waals surface area contributed by atoms with E-state index >= 15 is 0 Å². The molecule has 0 saturated carbocycles. The minimum atomic E-state index is -2.94. The predicted octanol–water partition coefficient (Wildman–Crippen LogP) is 2.40. The third kappa shape index (κ3) is 4.10. The lowest BCUT2D eigenvalue weighted by Crippen LogP contribution is -2.28. The quantitative estimate of drug-likeness (QED) is 0.718. The van der Waals surface area contributed by atoms with Crippen molar-refractivity contribution in [2.24, 2.45) is 0 Å². The molecule has 0 spiro atoms. The highest BCUT2D eigenvalue weighted by Crippen LogP contribution is 2.20. The van der Waals surface area contributed by atoms with Crippen molar-refractivity contribution in [2.75, 3.05) is 6.54 Å². The Morgan fingerprint density at radius 2 is 2.12 bits per heavy atom. The van der Waals surface area contributed by atoms with Crippen molar-refractivity contribution in [1.29, 1.82) is 0 Å². The number of alkyl halides is 2. The van der Waals surface area contributed by atoms with E-state index in [0.29, 0.717) is 16.8 Å². The van der Waals surface area contributed by atoms with Crippen LogP contribution in [0.3, 0.4) is 0 Å². The number of pyridine rings is 1. The molecule has 0 bridgehead atoms. The molecule has 8 heteroatoms. The van der Waals surface area contributed by atoms with Gasteiger partial charge in [0.1, 0.15) is 11.4 Å². The molecule has 3 aromatic rings. The smallest absolute Gasteiger partial charge is 0.387 e. The van der Waals surface area contributed by atoms with Gasteiger partial charge in [0.05, 0.1) is 6.10 Å². The van der Waals surface area contributed by atoms with E-state index in [1.165, 1.54) is 18.2 Å². The van der Waals surface area contributed by atoms with Gasteiger partial charge in [0, 0.05) is 30.7 Å². The molecule has 3 rings (SSSR count). The predicted molar refractivity (Wildman–Crippen MR) is 85.6 cm³/mol. The highest BCUT2D eigenvalue weighted by Gasteiger charge is 2.13. The van der Waals surface area contributed by atoms with Crippen LogP contribution in [-0.2, 0) is 0 Å². The number of carbonyl (C=O) groups excluding carboxylic acids is 1. The van der Waals surface area contributed by atoms with Gasteiger partial charge in [0.2, 0.25) is 0 Å². The molecule has 130 valence electrons. The number of aliphatic hydroxyl groups excluding tert-OH is 1. The maximum absolute atomic E-state index is 12.2. The first-order chi connectivity index (χ1) is 12.0. The van der Waals surface area contributed by atoms with E-state index in [0.717, 1.165) is 0 Å². The van der Waals surface area contributed by atoms with Gasteiger partial charge in [-0.3, -0.25) is 4.79 Å². The van der Waals surface area contributed by atoms with Gasteiger partial charge in [-0.15, -0.1) is 0 Å². The number of halogens is 2. The number of amides is 1. The van der Waals surface area contributed by atoms with Crippen LogP contribution >= 0.6 is 0 Å². The monoisotopic (exact) mass is 347 g/mol. The second-order valence-electron chi connectivity index (χ2n) is 5.28. The fourth-order valence-corrected chi connectivity index (χ4v) is 2.36. The van der Waals surface area contributed by atoms with Crippen molar-refractivity contribution in [2.45, 2.75) is 12.7 Å². The van der Waals surface area contributed by atoms with Gasteiger partial charge in [0.25, 0.3) is 5.91 Å². The topological polar surface area (TPSA) is 75.9 Å². The van der Waals surface area contributed by atoms with Gasteiger partial charge >= 0.3 is 6.61 Å². The lowest BCUT2D eigenvalue weighted by Gasteiger charge is -2.14. The van der Waals surface area contributed by atoms with Crippen molar-refractivity contribution >= 4 is 11.6 Å². The summed E-state index contributed by atoms with van der Waals surface area (Å²) in [7, 11) is 0. The fraction of sp³-hybridized carbons (Fsp3) is 0.176. The van der Waals surface area contributed by atoms with Crippen molar-refractivity contribution in [3.05, 3.63) is 66.1 Å². The molecule has 2 aromatic heterocycles. The van der Waals surface area contributed by atoms with E-state index in [-0.39, 0.29) is 18.2 Å². The maximum Gasteiger partial charge on any atom is 0.387 e. The summed E-state index contributed by atoms with van der Waals surface area (Å²) in [6.45, 7) is -3.01. The largest absolute Gasteiger partial charge is 0.435 e. The average molecular weight is 347 g/mol. The van der Waals surface area contributed by atoms with Gasteiger partial charge in [-0.05, 0) is 29.8 Å². The van der Waals surface area contributed by atoms with Crippen LogP contribution in [0.1, 0.15) is 22.0 Å². The fourth-order valence-electron chi connectivity index (χ4n) is 2.36. The highest BCUT2D eigenvalue weighted by molar-refractivity contribution is 5.95. The number of imidazole rings is 1. The first kappa shape index (κ1) is 16.8. The second-order valence-corrected chi connectivity index (χ2v) is 5.28. The molecular formula is C17H15F2N3O3. The molecular weight excluding hydrogens is 332 g/mol. The van der Waals surface area contributed by atoms with E-state index in [9.17, 15) is 18.7 Å². The van der Waals surface area contributed by atoms with Gasteiger partial charge < -0.3 is 19.6 Å². The summed E-state index contributed by atoms with van der Waals surface area (Å²) in [6, 6.07) is 8.97. The van der Waals surface area contributed by atoms with Crippen LogP contribution in [0.5, 0.6) is 5.75 Å². The number of hydrogen-bond donors (Lipinski definition) is 2. The molecule has 25 heavy (non-hydrogen) atoms. The minimum Gasteiger partial charge on any atom is -0.435 e. The molecule has 0 aliphatic carbocycles. The zero-order valence-corrected chi connectivity index (χ0v) is 13.0. The molecule has 2 N–H and O–H groups in total. The van der Waals surface area contributed by atoms with E-state index in [2.05, 4.69) is 15.0 Å². The summed E-state index contributed by atoms with van der Waals surface area (Å²) in [5, 5.41) is 12.7. The summed E-state index contributed by atoms with van der Waals surface area (Å²) in [6.07, 6.45) is 4.03. The Morgan fingerprint density at radius 1 is 1.28 bits per heavy atom. The molecule has 6 nitrogen and oxygen atoms in total. The van der Waals surface area contributed by atoms with Crippen LogP contribution in [0, 0.1) is 0 Å². The molecule has 0 unspecified atom stereocenters. The normalized spacial score (nSPS) is 12.3. The second kappa shape index (κ2) is 7.27. The van der Waals surface area contributed by atoms with Crippen molar-refractivity contribution in [1.82, 2.24) is 14.7 Å². The number of carbonyl (C=O) groups is 1. The molecule has 1 atom stereocenters. The van der Waals surface area contributed by atoms with Crippen molar-refractivity contribution in [3.8, 4) is 5.75 Å². The number of aliphatic hydroxyl groups is 1. The van der Waals surface area contributed by atoms with E-state index in [1.54, 1.807) is 41.2 Å². The van der Waals surface area contributed by atoms with Crippen LogP contribution in [0.4, 0.5) is 8.78 Å². The molecule has 0 aliphatic rings. The molecule has 0 fully saturated rings. The molecule has 0 saturated heterocycles. The Labute approximate surface area is 141 Å². The number of hydrogen-bond acceptors (Lipinski definition) is 4. The summed E-state index contributed by atoms with van der Waals surface area (Å²) in [4.78, 5) is 16.3. The SMILES string of the molecule is O=C(NC[C@H](O)c1cccc(OC(F)F)c1)c1ccn2ccnc2c1. The summed E-state index contributed by atoms with van der Waals surface area (Å²) >= 11 is 0.